The lowest BCUT2D eigenvalue weighted by Crippen LogP contribution is -2.35. The molecule has 1 aliphatic rings. The Morgan fingerprint density at radius 3 is 2.29 bits per heavy atom. The van der Waals surface area contributed by atoms with Crippen molar-refractivity contribution in [3.8, 4) is 5.75 Å². The van der Waals surface area contributed by atoms with Gasteiger partial charge in [0.25, 0.3) is 0 Å². The summed E-state index contributed by atoms with van der Waals surface area (Å²) >= 11 is 1.36. The number of halogens is 3. The number of thioether (sulfide) groups is 1. The molecule has 1 fully saturated rings. The molecule has 1 aliphatic heterocycles. The SMILES string of the molecule is O=S(=O)(c1ccc(SCc2ccc(OC(F)(F)F)cc2)nc1)N1CCCCC1. The van der Waals surface area contributed by atoms with Gasteiger partial charge in [0.15, 0.2) is 0 Å². The highest BCUT2D eigenvalue weighted by Gasteiger charge is 2.31. The molecule has 0 bridgehead atoms. The first-order chi connectivity index (χ1) is 13.2. The minimum Gasteiger partial charge on any atom is -0.406 e. The number of aromatic nitrogens is 1. The number of alkyl halides is 3. The Balaban J connectivity index is 1.58. The van der Waals surface area contributed by atoms with E-state index >= 15 is 0 Å². The zero-order valence-electron chi connectivity index (χ0n) is 14.9. The Kier molecular flexibility index (Phi) is 6.51. The maximum atomic E-state index is 12.6. The van der Waals surface area contributed by atoms with Gasteiger partial charge in [0, 0.05) is 25.0 Å². The fraction of sp³-hybridized carbons (Fsp3) is 0.389. The van der Waals surface area contributed by atoms with E-state index in [2.05, 4.69) is 9.72 Å². The fourth-order valence-corrected chi connectivity index (χ4v) is 5.07. The van der Waals surface area contributed by atoms with Gasteiger partial charge in [-0.15, -0.1) is 24.9 Å². The van der Waals surface area contributed by atoms with Crippen molar-refractivity contribution in [2.24, 2.45) is 0 Å². The number of nitrogens with zero attached hydrogens (tertiary/aromatic N) is 2. The Bertz CT molecular complexity index is 880. The molecule has 0 spiro atoms. The van der Waals surface area contributed by atoms with Crippen LogP contribution in [0, 0.1) is 0 Å². The van der Waals surface area contributed by atoms with E-state index < -0.39 is 16.4 Å². The van der Waals surface area contributed by atoms with Crippen LogP contribution in [0.4, 0.5) is 13.2 Å². The van der Waals surface area contributed by atoms with Crippen LogP contribution in [-0.4, -0.2) is 37.2 Å². The van der Waals surface area contributed by atoms with Crippen LogP contribution in [0.25, 0.3) is 0 Å². The van der Waals surface area contributed by atoms with E-state index in [4.69, 9.17) is 0 Å². The van der Waals surface area contributed by atoms with Crippen molar-refractivity contribution in [1.29, 1.82) is 0 Å². The Morgan fingerprint density at radius 2 is 1.71 bits per heavy atom. The molecule has 0 saturated carbocycles. The number of pyridine rings is 1. The summed E-state index contributed by atoms with van der Waals surface area (Å²) in [6.07, 6.45) is -0.576. The zero-order valence-corrected chi connectivity index (χ0v) is 16.5. The largest absolute Gasteiger partial charge is 0.573 e. The summed E-state index contributed by atoms with van der Waals surface area (Å²) in [4.78, 5) is 4.38. The van der Waals surface area contributed by atoms with Gasteiger partial charge < -0.3 is 4.74 Å². The van der Waals surface area contributed by atoms with E-state index in [9.17, 15) is 21.6 Å². The summed E-state index contributed by atoms with van der Waals surface area (Å²) in [6, 6.07) is 8.78. The third-order valence-corrected chi connectivity index (χ3v) is 7.10. The van der Waals surface area contributed by atoms with Crippen LogP contribution in [0.5, 0.6) is 5.75 Å². The van der Waals surface area contributed by atoms with E-state index in [-0.39, 0.29) is 10.6 Å². The molecule has 0 radical (unpaired) electrons. The summed E-state index contributed by atoms with van der Waals surface area (Å²) < 4.78 is 67.0. The third kappa shape index (κ3) is 5.62. The van der Waals surface area contributed by atoms with Gasteiger partial charge in [-0.1, -0.05) is 18.6 Å². The minimum atomic E-state index is -4.71. The Morgan fingerprint density at radius 1 is 1.04 bits per heavy atom. The first kappa shape index (κ1) is 20.9. The first-order valence-electron chi connectivity index (χ1n) is 8.68. The molecule has 0 aliphatic carbocycles. The number of benzene rings is 1. The smallest absolute Gasteiger partial charge is 0.406 e. The van der Waals surface area contributed by atoms with Gasteiger partial charge in [-0.2, -0.15) is 4.31 Å². The maximum Gasteiger partial charge on any atom is 0.573 e. The normalized spacial score (nSPS) is 16.1. The van der Waals surface area contributed by atoms with Crippen molar-refractivity contribution >= 4 is 21.8 Å². The lowest BCUT2D eigenvalue weighted by Gasteiger charge is -2.25. The molecule has 0 N–H and O–H groups in total. The minimum absolute atomic E-state index is 0.174. The molecule has 1 aromatic heterocycles. The van der Waals surface area contributed by atoms with Gasteiger partial charge in [0.2, 0.25) is 10.0 Å². The van der Waals surface area contributed by atoms with Crippen molar-refractivity contribution < 1.29 is 26.3 Å². The lowest BCUT2D eigenvalue weighted by molar-refractivity contribution is -0.274. The molecule has 152 valence electrons. The molecular weight excluding hydrogens is 413 g/mol. The highest BCUT2D eigenvalue weighted by atomic mass is 32.2. The number of hydrogen-bond donors (Lipinski definition) is 0. The van der Waals surface area contributed by atoms with Crippen LogP contribution >= 0.6 is 11.8 Å². The number of hydrogen-bond acceptors (Lipinski definition) is 5. The number of rotatable bonds is 6. The van der Waals surface area contributed by atoms with Crippen LogP contribution in [0.3, 0.4) is 0 Å². The van der Waals surface area contributed by atoms with E-state index in [0.29, 0.717) is 23.9 Å². The highest BCUT2D eigenvalue weighted by molar-refractivity contribution is 7.98. The standard InChI is InChI=1S/C18H19F3N2O3S2/c19-18(20,21)26-15-6-4-14(5-7-15)13-27-17-9-8-16(12-22-17)28(24,25)23-10-2-1-3-11-23/h4-9,12H,1-3,10-11,13H2. The van der Waals surface area contributed by atoms with Gasteiger partial charge >= 0.3 is 6.36 Å². The van der Waals surface area contributed by atoms with E-state index in [1.165, 1.54) is 34.4 Å². The van der Waals surface area contributed by atoms with Gasteiger partial charge in [0.05, 0.1) is 5.03 Å². The predicted molar refractivity (Wildman–Crippen MR) is 99.5 cm³/mol. The molecular formula is C18H19F3N2O3S2. The quantitative estimate of drug-likeness (QED) is 0.632. The summed E-state index contributed by atoms with van der Waals surface area (Å²) in [5.74, 6) is 0.212. The number of piperidine rings is 1. The van der Waals surface area contributed by atoms with Crippen molar-refractivity contribution in [3.63, 3.8) is 0 Å². The molecule has 0 atom stereocenters. The van der Waals surface area contributed by atoms with Crippen molar-refractivity contribution in [2.45, 2.75) is 41.3 Å². The summed E-state index contributed by atoms with van der Waals surface area (Å²) in [5, 5.41) is 0.633. The van der Waals surface area contributed by atoms with Gasteiger partial charge in [-0.25, -0.2) is 13.4 Å². The van der Waals surface area contributed by atoms with Crippen molar-refractivity contribution in [1.82, 2.24) is 9.29 Å². The molecule has 10 heteroatoms. The Hall–Kier alpha value is -1.78. The molecule has 5 nitrogen and oxygen atoms in total. The third-order valence-electron chi connectivity index (χ3n) is 4.21. The first-order valence-corrected chi connectivity index (χ1v) is 11.1. The lowest BCUT2D eigenvalue weighted by atomic mass is 10.2. The van der Waals surface area contributed by atoms with Crippen LogP contribution in [0.1, 0.15) is 24.8 Å². The monoisotopic (exact) mass is 432 g/mol. The van der Waals surface area contributed by atoms with E-state index in [1.54, 1.807) is 24.3 Å². The molecule has 28 heavy (non-hydrogen) atoms. The maximum absolute atomic E-state index is 12.6. The second-order valence-corrected chi connectivity index (χ2v) is 9.21. The summed E-state index contributed by atoms with van der Waals surface area (Å²) in [5.41, 5.74) is 0.798. The fourth-order valence-electron chi connectivity index (χ4n) is 2.80. The summed E-state index contributed by atoms with van der Waals surface area (Å²) in [7, 11) is -3.51. The number of sulfonamides is 1. The molecule has 2 heterocycles. The average molecular weight is 432 g/mol. The van der Waals surface area contributed by atoms with Gasteiger partial charge in [0.1, 0.15) is 10.6 Å². The molecule has 2 aromatic rings. The zero-order chi connectivity index (χ0) is 20.2. The second kappa shape index (κ2) is 8.71. The van der Waals surface area contributed by atoms with Gasteiger partial charge in [-0.05, 0) is 42.7 Å². The van der Waals surface area contributed by atoms with Crippen LogP contribution in [-0.2, 0) is 15.8 Å². The Labute approximate surface area is 166 Å². The van der Waals surface area contributed by atoms with E-state index in [0.717, 1.165) is 24.8 Å². The average Bonchev–Trinajstić information content (AvgIpc) is 2.67. The molecule has 1 saturated heterocycles. The molecule has 0 unspecified atom stereocenters. The predicted octanol–water partition coefficient (Wildman–Crippen LogP) is 4.45. The van der Waals surface area contributed by atoms with E-state index in [1.807, 2.05) is 0 Å². The van der Waals surface area contributed by atoms with Crippen LogP contribution in [0.2, 0.25) is 0 Å². The van der Waals surface area contributed by atoms with Crippen LogP contribution in [0.15, 0.2) is 52.5 Å². The van der Waals surface area contributed by atoms with Crippen molar-refractivity contribution in [3.05, 3.63) is 48.2 Å². The molecule has 0 amide bonds. The topological polar surface area (TPSA) is 59.5 Å². The molecule has 3 rings (SSSR count). The highest BCUT2D eigenvalue weighted by Crippen LogP contribution is 2.27. The van der Waals surface area contributed by atoms with Crippen LogP contribution < -0.4 is 4.74 Å². The summed E-state index contributed by atoms with van der Waals surface area (Å²) in [6.45, 7) is 1.07. The number of ether oxygens (including phenoxy) is 1. The van der Waals surface area contributed by atoms with Crippen molar-refractivity contribution in [2.75, 3.05) is 13.1 Å². The van der Waals surface area contributed by atoms with Gasteiger partial charge in [-0.3, -0.25) is 0 Å². The molecule has 1 aromatic carbocycles. The second-order valence-electron chi connectivity index (χ2n) is 6.28.